The van der Waals surface area contributed by atoms with Crippen LogP contribution in [0.15, 0.2) is 24.3 Å². The van der Waals surface area contributed by atoms with Crippen LogP contribution in [0.25, 0.3) is 0 Å². The molecule has 0 saturated carbocycles. The number of carboxylic acids is 1. The minimum Gasteiger partial charge on any atom is -0.480 e. The van der Waals surface area contributed by atoms with Gasteiger partial charge < -0.3 is 10.4 Å². The van der Waals surface area contributed by atoms with Crippen molar-refractivity contribution in [1.82, 2.24) is 5.32 Å². The Morgan fingerprint density at radius 1 is 1.35 bits per heavy atom. The number of amides is 1. The van der Waals surface area contributed by atoms with Crippen LogP contribution in [0, 0.1) is 0 Å². The highest BCUT2D eigenvalue weighted by Gasteiger charge is 2.48. The predicted octanol–water partition coefficient (Wildman–Crippen LogP) is 1.94. The van der Waals surface area contributed by atoms with E-state index in [0.717, 1.165) is 12.1 Å². The second-order valence-corrected chi connectivity index (χ2v) is 5.01. The van der Waals surface area contributed by atoms with Gasteiger partial charge in [0.05, 0.1) is 5.56 Å². The second kappa shape index (κ2) is 4.50. The summed E-state index contributed by atoms with van der Waals surface area (Å²) in [6.07, 6.45) is -4.52. The fourth-order valence-electron chi connectivity index (χ4n) is 2.45. The number of alkyl halides is 3. The normalized spacial score (nSPS) is 26.4. The van der Waals surface area contributed by atoms with E-state index >= 15 is 0 Å². The van der Waals surface area contributed by atoms with Crippen LogP contribution in [0.2, 0.25) is 0 Å². The summed E-state index contributed by atoms with van der Waals surface area (Å²) in [5.41, 5.74) is -1.49. The third-order valence-electron chi connectivity index (χ3n) is 3.59. The van der Waals surface area contributed by atoms with Gasteiger partial charge in [0.15, 0.2) is 0 Å². The van der Waals surface area contributed by atoms with E-state index in [2.05, 4.69) is 5.32 Å². The summed E-state index contributed by atoms with van der Waals surface area (Å²) < 4.78 is 37.5. The van der Waals surface area contributed by atoms with Gasteiger partial charge in [0.2, 0.25) is 5.91 Å². The molecule has 0 spiro atoms. The molecule has 1 aromatic carbocycles. The molecule has 7 heteroatoms. The summed E-state index contributed by atoms with van der Waals surface area (Å²) in [5.74, 6) is -1.64. The zero-order valence-corrected chi connectivity index (χ0v) is 10.5. The molecule has 2 N–H and O–H groups in total. The van der Waals surface area contributed by atoms with Gasteiger partial charge in [-0.3, -0.25) is 4.79 Å². The molecular formula is C13H12F3NO3. The lowest BCUT2D eigenvalue weighted by Crippen LogP contribution is -2.44. The molecule has 1 aliphatic heterocycles. The molecule has 2 rings (SSSR count). The molecule has 0 radical (unpaired) electrons. The van der Waals surface area contributed by atoms with Crippen LogP contribution in [0.4, 0.5) is 13.2 Å². The Bertz CT molecular complexity index is 553. The van der Waals surface area contributed by atoms with Crippen LogP contribution in [-0.2, 0) is 21.2 Å². The highest BCUT2D eigenvalue weighted by molar-refractivity contribution is 5.90. The number of benzene rings is 1. The van der Waals surface area contributed by atoms with Gasteiger partial charge in [0, 0.05) is 11.8 Å². The number of hydrogen-bond donors (Lipinski definition) is 2. The van der Waals surface area contributed by atoms with Gasteiger partial charge in [-0.15, -0.1) is 0 Å². The van der Waals surface area contributed by atoms with E-state index in [4.69, 9.17) is 5.11 Å². The molecule has 1 fully saturated rings. The van der Waals surface area contributed by atoms with E-state index < -0.39 is 35.1 Å². The maximum absolute atomic E-state index is 12.5. The number of aliphatic carboxylic acids is 1. The van der Waals surface area contributed by atoms with Gasteiger partial charge in [0.1, 0.15) is 6.04 Å². The van der Waals surface area contributed by atoms with Crippen LogP contribution in [0.3, 0.4) is 0 Å². The molecule has 0 aromatic heterocycles. The number of hydrogen-bond acceptors (Lipinski definition) is 2. The topological polar surface area (TPSA) is 66.4 Å². The Balaban J connectivity index is 2.39. The average Bonchev–Trinajstić information content (AvgIpc) is 2.65. The lowest BCUT2D eigenvalue weighted by Gasteiger charge is -2.28. The summed E-state index contributed by atoms with van der Waals surface area (Å²) in [7, 11) is 0. The monoisotopic (exact) mass is 287 g/mol. The molecule has 2 unspecified atom stereocenters. The van der Waals surface area contributed by atoms with E-state index in [1.807, 2.05) is 0 Å². The Labute approximate surface area is 112 Å². The summed E-state index contributed by atoms with van der Waals surface area (Å²) in [4.78, 5) is 22.6. The van der Waals surface area contributed by atoms with Crippen LogP contribution in [0.5, 0.6) is 0 Å². The second-order valence-electron chi connectivity index (χ2n) is 5.01. The largest absolute Gasteiger partial charge is 0.480 e. The molecule has 1 aliphatic rings. The van der Waals surface area contributed by atoms with Crippen LogP contribution in [0.1, 0.15) is 24.5 Å². The Hall–Kier alpha value is -2.05. The molecule has 0 aliphatic carbocycles. The molecule has 1 aromatic rings. The Morgan fingerprint density at radius 2 is 1.90 bits per heavy atom. The SMILES string of the molecule is CC1(c2ccc(C(F)(F)F)cc2)CC(=O)NC1C(=O)O. The highest BCUT2D eigenvalue weighted by Crippen LogP contribution is 2.37. The molecule has 1 amide bonds. The van der Waals surface area contributed by atoms with E-state index in [1.165, 1.54) is 12.1 Å². The van der Waals surface area contributed by atoms with Crippen molar-refractivity contribution in [2.75, 3.05) is 0 Å². The van der Waals surface area contributed by atoms with Crippen molar-refractivity contribution in [1.29, 1.82) is 0 Å². The first-order valence-electron chi connectivity index (χ1n) is 5.84. The summed E-state index contributed by atoms with van der Waals surface area (Å²) in [6, 6.07) is 3.08. The van der Waals surface area contributed by atoms with Crippen LogP contribution >= 0.6 is 0 Å². The van der Waals surface area contributed by atoms with Gasteiger partial charge in [0.25, 0.3) is 0 Å². The molecule has 108 valence electrons. The van der Waals surface area contributed by atoms with E-state index in [-0.39, 0.29) is 6.42 Å². The summed E-state index contributed by atoms with van der Waals surface area (Å²) >= 11 is 0. The average molecular weight is 287 g/mol. The zero-order valence-electron chi connectivity index (χ0n) is 10.5. The summed E-state index contributed by atoms with van der Waals surface area (Å²) in [6.45, 7) is 1.55. The maximum Gasteiger partial charge on any atom is 0.416 e. The standard InChI is InChI=1S/C13H12F3NO3/c1-12(6-9(18)17-10(12)11(19)20)7-2-4-8(5-3-7)13(14,15)16/h2-5,10H,6H2,1H3,(H,17,18)(H,19,20). The molecular weight excluding hydrogens is 275 g/mol. The van der Waals surface area contributed by atoms with Crippen molar-refractivity contribution in [2.45, 2.75) is 31.0 Å². The van der Waals surface area contributed by atoms with Crippen molar-refractivity contribution in [3.63, 3.8) is 0 Å². The predicted molar refractivity (Wildman–Crippen MR) is 63.0 cm³/mol. The van der Waals surface area contributed by atoms with E-state index in [0.29, 0.717) is 5.56 Å². The molecule has 2 atom stereocenters. The molecule has 20 heavy (non-hydrogen) atoms. The first kappa shape index (κ1) is 14.4. The molecule has 4 nitrogen and oxygen atoms in total. The third-order valence-corrected chi connectivity index (χ3v) is 3.59. The third kappa shape index (κ3) is 2.35. The number of carbonyl (C=O) groups excluding carboxylic acids is 1. The smallest absolute Gasteiger partial charge is 0.416 e. The van der Waals surface area contributed by atoms with Gasteiger partial charge >= 0.3 is 12.1 Å². The van der Waals surface area contributed by atoms with Crippen molar-refractivity contribution >= 4 is 11.9 Å². The van der Waals surface area contributed by atoms with Crippen molar-refractivity contribution < 1.29 is 27.9 Å². The van der Waals surface area contributed by atoms with Gasteiger partial charge in [-0.25, -0.2) is 4.79 Å². The molecule has 0 bridgehead atoms. The first-order chi connectivity index (χ1) is 9.14. The van der Waals surface area contributed by atoms with Crippen molar-refractivity contribution in [3.8, 4) is 0 Å². The number of nitrogens with one attached hydrogen (secondary N) is 1. The lowest BCUT2D eigenvalue weighted by atomic mass is 9.76. The minimum atomic E-state index is -4.45. The van der Waals surface area contributed by atoms with Gasteiger partial charge in [-0.2, -0.15) is 13.2 Å². The zero-order chi connectivity index (χ0) is 15.1. The quantitative estimate of drug-likeness (QED) is 0.873. The maximum atomic E-state index is 12.5. The Morgan fingerprint density at radius 3 is 2.35 bits per heavy atom. The minimum absolute atomic E-state index is 0.0741. The lowest BCUT2D eigenvalue weighted by molar-refractivity contribution is -0.141. The number of rotatable bonds is 2. The van der Waals surface area contributed by atoms with Crippen molar-refractivity contribution in [2.24, 2.45) is 0 Å². The van der Waals surface area contributed by atoms with Gasteiger partial charge in [-0.1, -0.05) is 19.1 Å². The van der Waals surface area contributed by atoms with Crippen LogP contribution < -0.4 is 5.32 Å². The van der Waals surface area contributed by atoms with E-state index in [1.54, 1.807) is 6.92 Å². The first-order valence-corrected chi connectivity index (χ1v) is 5.84. The summed E-state index contributed by atoms with van der Waals surface area (Å²) in [5, 5.41) is 11.4. The Kier molecular flexibility index (Phi) is 3.23. The highest BCUT2D eigenvalue weighted by atomic mass is 19.4. The van der Waals surface area contributed by atoms with E-state index in [9.17, 15) is 22.8 Å². The number of halogens is 3. The number of carbonyl (C=O) groups is 2. The van der Waals surface area contributed by atoms with Crippen LogP contribution in [-0.4, -0.2) is 23.0 Å². The molecule has 1 heterocycles. The fourth-order valence-corrected chi connectivity index (χ4v) is 2.45. The number of carboxylic acid groups (broad SMARTS) is 1. The fraction of sp³-hybridized carbons (Fsp3) is 0.385. The molecule has 1 saturated heterocycles. The van der Waals surface area contributed by atoms with Crippen molar-refractivity contribution in [3.05, 3.63) is 35.4 Å². The van der Waals surface area contributed by atoms with Gasteiger partial charge in [-0.05, 0) is 17.7 Å².